The van der Waals surface area contributed by atoms with Crippen molar-refractivity contribution in [1.29, 1.82) is 5.41 Å². The lowest BCUT2D eigenvalue weighted by Crippen LogP contribution is -3.11. The van der Waals surface area contributed by atoms with E-state index in [4.69, 9.17) is 16.2 Å². The Morgan fingerprint density at radius 2 is 1.71 bits per heavy atom. The molecule has 14 heavy (non-hydrogen) atoms. The molecular weight excluding hydrogens is 182 g/mol. The van der Waals surface area contributed by atoms with Gasteiger partial charge >= 0.3 is 0 Å². The van der Waals surface area contributed by atoms with Crippen molar-refractivity contribution >= 4 is 5.90 Å². The minimum atomic E-state index is -1.01. The van der Waals surface area contributed by atoms with Gasteiger partial charge in [0.15, 0.2) is 0 Å². The maximum atomic E-state index is 9.76. The number of hydrogen-bond acceptors (Lipinski definition) is 4. The molecule has 86 valence electrons. The molecule has 0 aromatic rings. The number of quaternary nitrogens is 1. The van der Waals surface area contributed by atoms with Crippen molar-refractivity contribution in [2.45, 2.75) is 26.8 Å². The first kappa shape index (κ1) is 15.8. The molecule has 0 bridgehead atoms. The summed E-state index contributed by atoms with van der Waals surface area (Å²) in [5.74, 6) is -0.928. The molecule has 0 spiro atoms. The van der Waals surface area contributed by atoms with Crippen molar-refractivity contribution < 1.29 is 15.1 Å². The summed E-state index contributed by atoms with van der Waals surface area (Å²) >= 11 is 0. The molecule has 0 radical (unpaired) electrons. The Balaban J connectivity index is 0. The predicted octanol–water partition coefficient (Wildman–Crippen LogP) is -2.43. The average molecular weight is 205 g/mol. The molecule has 5 nitrogen and oxygen atoms in total. The fourth-order valence-corrected chi connectivity index (χ4v) is 0.833. The van der Waals surface area contributed by atoms with Crippen molar-refractivity contribution in [1.82, 2.24) is 0 Å². The maximum absolute atomic E-state index is 9.76. The van der Waals surface area contributed by atoms with Gasteiger partial charge in [-0.15, -0.1) is 0 Å². The molecule has 0 aromatic carbocycles. The molecule has 0 aliphatic carbocycles. The molecule has 0 rings (SSSR count). The van der Waals surface area contributed by atoms with Crippen LogP contribution in [0.1, 0.15) is 20.8 Å². The zero-order valence-electron chi connectivity index (χ0n) is 9.34. The Morgan fingerprint density at radius 3 is 1.71 bits per heavy atom. The fraction of sp³-hybridized carbons (Fsp3) is 0.889. The van der Waals surface area contributed by atoms with Gasteiger partial charge in [-0.25, -0.2) is 0 Å². The number of rotatable bonds is 5. The molecule has 0 heterocycles. The summed E-state index contributed by atoms with van der Waals surface area (Å²) in [5.41, 5.74) is 4.83. The van der Waals surface area contributed by atoms with Crippen LogP contribution in [-0.2, 0) is 0 Å². The van der Waals surface area contributed by atoms with Crippen LogP contribution in [0.15, 0.2) is 0 Å². The van der Waals surface area contributed by atoms with Gasteiger partial charge in [0.25, 0.3) is 0 Å². The monoisotopic (exact) mass is 205 g/mol. The predicted molar refractivity (Wildman–Crippen MR) is 55.4 cm³/mol. The molecule has 0 unspecified atom stereocenters. The molecule has 0 aliphatic rings. The Bertz CT molecular complexity index is 133. The van der Waals surface area contributed by atoms with Crippen LogP contribution in [0.2, 0.25) is 0 Å². The van der Waals surface area contributed by atoms with Crippen LogP contribution in [0.4, 0.5) is 0 Å². The van der Waals surface area contributed by atoms with Gasteiger partial charge in [-0.2, -0.15) is 0 Å². The Hall–Kier alpha value is -0.650. The summed E-state index contributed by atoms with van der Waals surface area (Å²) in [4.78, 5) is 1.68. The number of hydrogen-bond donors (Lipinski definition) is 4. The zero-order valence-corrected chi connectivity index (χ0v) is 9.34. The van der Waals surface area contributed by atoms with Crippen LogP contribution in [0, 0.1) is 5.41 Å². The SMILES string of the molecule is CC[NH+](CC)CC.N=C([O-])[C@@H](N)CO. The molecule has 0 aromatic heterocycles. The fourth-order valence-electron chi connectivity index (χ4n) is 0.833. The molecule has 0 saturated carbocycles. The molecule has 1 atom stereocenters. The van der Waals surface area contributed by atoms with Crippen molar-refractivity contribution in [2.75, 3.05) is 26.2 Å². The normalized spacial score (nSPS) is 11.9. The zero-order chi connectivity index (χ0) is 11.6. The molecule has 0 amide bonds. The molecule has 0 fully saturated rings. The van der Waals surface area contributed by atoms with E-state index in [0.29, 0.717) is 0 Å². The van der Waals surface area contributed by atoms with Gasteiger partial charge in [0, 0.05) is 0 Å². The second kappa shape index (κ2) is 10.4. The van der Waals surface area contributed by atoms with Gasteiger partial charge in [-0.05, 0) is 26.7 Å². The van der Waals surface area contributed by atoms with Crippen molar-refractivity contribution in [2.24, 2.45) is 5.73 Å². The lowest BCUT2D eigenvalue weighted by atomic mass is 10.3. The maximum Gasteiger partial charge on any atom is 0.0742 e. The first-order valence-electron chi connectivity index (χ1n) is 4.98. The Kier molecular flexibility index (Phi) is 11.8. The minimum Gasteiger partial charge on any atom is -0.861 e. The highest BCUT2D eigenvalue weighted by atomic mass is 16.3. The van der Waals surface area contributed by atoms with Crippen molar-refractivity contribution in [3.05, 3.63) is 0 Å². The standard InChI is InChI=1S/C6H15N.C3H8N2O2/c1-4-7(5-2)6-3;4-2(1-6)3(5)7/h4-6H2,1-3H3;2,6H,1,4H2,(H2,5,7)/t;2-/m.0/s1. The lowest BCUT2D eigenvalue weighted by Gasteiger charge is -2.11. The highest BCUT2D eigenvalue weighted by Gasteiger charge is 1.93. The highest BCUT2D eigenvalue weighted by Crippen LogP contribution is 1.68. The van der Waals surface area contributed by atoms with Gasteiger partial charge in [0.2, 0.25) is 0 Å². The van der Waals surface area contributed by atoms with Crippen LogP contribution in [0.5, 0.6) is 0 Å². The summed E-state index contributed by atoms with van der Waals surface area (Å²) in [5, 5.41) is 24.1. The van der Waals surface area contributed by atoms with Crippen LogP contribution < -0.4 is 15.7 Å². The second-order valence-corrected chi connectivity index (χ2v) is 2.96. The van der Waals surface area contributed by atoms with Gasteiger partial charge in [0.1, 0.15) is 0 Å². The topological polar surface area (TPSA) is 97.6 Å². The quantitative estimate of drug-likeness (QED) is 0.297. The van der Waals surface area contributed by atoms with E-state index in [-0.39, 0.29) is 0 Å². The third-order valence-corrected chi connectivity index (χ3v) is 2.03. The van der Waals surface area contributed by atoms with Gasteiger partial charge in [-0.1, -0.05) is 0 Å². The van der Waals surface area contributed by atoms with Gasteiger partial charge < -0.3 is 26.3 Å². The summed E-state index contributed by atoms with van der Waals surface area (Å²) in [7, 11) is 0. The van der Waals surface area contributed by atoms with E-state index < -0.39 is 18.5 Å². The molecule has 5 N–H and O–H groups in total. The van der Waals surface area contributed by atoms with E-state index in [1.807, 2.05) is 0 Å². The minimum absolute atomic E-state index is 0.442. The lowest BCUT2D eigenvalue weighted by molar-refractivity contribution is -0.894. The van der Waals surface area contributed by atoms with Crippen molar-refractivity contribution in [3.63, 3.8) is 0 Å². The van der Waals surface area contributed by atoms with E-state index in [9.17, 15) is 5.11 Å². The molecule has 0 aliphatic heterocycles. The summed E-state index contributed by atoms with van der Waals surface area (Å²) in [6.07, 6.45) is 0. The van der Waals surface area contributed by atoms with Gasteiger partial charge in [-0.3, -0.25) is 0 Å². The van der Waals surface area contributed by atoms with E-state index in [0.717, 1.165) is 0 Å². The molecular formula is C9H23N3O2. The van der Waals surface area contributed by atoms with Crippen LogP contribution >= 0.6 is 0 Å². The van der Waals surface area contributed by atoms with Crippen LogP contribution in [-0.4, -0.2) is 43.3 Å². The summed E-state index contributed by atoms with van der Waals surface area (Å²) < 4.78 is 0. The highest BCUT2D eigenvalue weighted by molar-refractivity contribution is 5.73. The van der Waals surface area contributed by atoms with Crippen LogP contribution in [0.3, 0.4) is 0 Å². The third kappa shape index (κ3) is 9.44. The number of aliphatic hydroxyl groups excluding tert-OH is 1. The van der Waals surface area contributed by atoms with E-state index in [1.165, 1.54) is 19.6 Å². The summed E-state index contributed by atoms with van der Waals surface area (Å²) in [6, 6.07) is -1.01. The Morgan fingerprint density at radius 1 is 1.36 bits per heavy atom. The molecule has 0 saturated heterocycles. The average Bonchev–Trinajstić information content (AvgIpc) is 2.20. The smallest absolute Gasteiger partial charge is 0.0742 e. The van der Waals surface area contributed by atoms with Gasteiger partial charge in [0.05, 0.1) is 32.3 Å². The molecule has 5 heteroatoms. The second-order valence-electron chi connectivity index (χ2n) is 2.96. The first-order valence-corrected chi connectivity index (χ1v) is 4.98. The van der Waals surface area contributed by atoms with E-state index in [2.05, 4.69) is 20.8 Å². The van der Waals surface area contributed by atoms with Crippen molar-refractivity contribution in [3.8, 4) is 0 Å². The van der Waals surface area contributed by atoms with Crippen LogP contribution in [0.25, 0.3) is 0 Å². The summed E-state index contributed by atoms with van der Waals surface area (Å²) in [6.45, 7) is 10.0. The first-order chi connectivity index (χ1) is 6.53. The Labute approximate surface area is 86.0 Å². The largest absolute Gasteiger partial charge is 0.861 e. The number of nitrogens with two attached hydrogens (primary N) is 1. The number of aliphatic hydroxyl groups is 1. The van der Waals surface area contributed by atoms with E-state index >= 15 is 0 Å². The van der Waals surface area contributed by atoms with E-state index in [1.54, 1.807) is 4.90 Å². The third-order valence-electron chi connectivity index (χ3n) is 2.03. The number of nitrogens with one attached hydrogen (secondary N) is 2.